The molecule has 2 aliphatic heterocycles. The summed E-state index contributed by atoms with van der Waals surface area (Å²) in [6.07, 6.45) is 3.36. The largest absolute Gasteiger partial charge is 0.494 e. The molecule has 1 saturated carbocycles. The normalized spacial score (nSPS) is 24.0. The lowest BCUT2D eigenvalue weighted by Gasteiger charge is -2.32. The van der Waals surface area contributed by atoms with Gasteiger partial charge in [-0.1, -0.05) is 6.07 Å². The monoisotopic (exact) mass is 420 g/mol. The van der Waals surface area contributed by atoms with Gasteiger partial charge in [-0.3, -0.25) is 9.52 Å². The number of sulfonamides is 1. The fraction of sp³-hybridized carbons (Fsp3) is 0.650. The zero-order chi connectivity index (χ0) is 21.4. The first-order valence-corrected chi connectivity index (χ1v) is 12.0. The molecule has 1 aromatic rings. The molecule has 158 valence electrons. The molecule has 0 unspecified atom stereocenters. The summed E-state index contributed by atoms with van der Waals surface area (Å²) >= 11 is 0. The molecule has 29 heavy (non-hydrogen) atoms. The first kappa shape index (κ1) is 20.7. The smallest absolute Gasteiger partial charge is 0.399 e. The van der Waals surface area contributed by atoms with Gasteiger partial charge in [0.1, 0.15) is 0 Å². The Labute approximate surface area is 173 Å². The van der Waals surface area contributed by atoms with Gasteiger partial charge in [0.15, 0.2) is 0 Å². The van der Waals surface area contributed by atoms with Gasteiger partial charge in [0.05, 0.1) is 28.7 Å². The minimum Gasteiger partial charge on any atom is -0.399 e. The van der Waals surface area contributed by atoms with Crippen molar-refractivity contribution < 1.29 is 22.5 Å². The van der Waals surface area contributed by atoms with Crippen molar-refractivity contribution in [1.29, 1.82) is 0 Å². The van der Waals surface area contributed by atoms with Gasteiger partial charge in [0, 0.05) is 12.6 Å². The quantitative estimate of drug-likeness (QED) is 0.738. The Kier molecular flexibility index (Phi) is 4.61. The molecule has 1 saturated heterocycles. The van der Waals surface area contributed by atoms with Crippen LogP contribution in [-0.2, 0) is 25.9 Å². The maximum atomic E-state index is 13.1. The van der Waals surface area contributed by atoms with E-state index in [1.165, 1.54) is 0 Å². The maximum absolute atomic E-state index is 13.1. The number of benzene rings is 1. The summed E-state index contributed by atoms with van der Waals surface area (Å²) in [6, 6.07) is 3.73. The van der Waals surface area contributed by atoms with Gasteiger partial charge in [-0.25, -0.2) is 8.42 Å². The van der Waals surface area contributed by atoms with Crippen molar-refractivity contribution in [2.45, 2.75) is 71.2 Å². The molecule has 4 rings (SSSR count). The molecule has 1 aliphatic carbocycles. The van der Waals surface area contributed by atoms with Gasteiger partial charge < -0.3 is 14.2 Å². The van der Waals surface area contributed by atoms with Crippen LogP contribution in [0.15, 0.2) is 12.1 Å². The zero-order valence-corrected chi connectivity index (χ0v) is 18.7. The highest BCUT2D eigenvalue weighted by atomic mass is 32.2. The van der Waals surface area contributed by atoms with Gasteiger partial charge >= 0.3 is 7.12 Å². The fourth-order valence-electron chi connectivity index (χ4n) is 4.06. The molecule has 9 heteroatoms. The molecule has 2 heterocycles. The van der Waals surface area contributed by atoms with E-state index in [0.717, 1.165) is 24.7 Å². The minimum absolute atomic E-state index is 0.119. The van der Waals surface area contributed by atoms with Crippen molar-refractivity contribution in [3.8, 4) is 0 Å². The number of anilines is 1. The van der Waals surface area contributed by atoms with Crippen LogP contribution in [0.4, 0.5) is 5.69 Å². The Hall–Kier alpha value is -1.58. The highest BCUT2D eigenvalue weighted by molar-refractivity contribution is 7.92. The third-order valence-corrected chi connectivity index (χ3v) is 7.27. The minimum atomic E-state index is -3.55. The summed E-state index contributed by atoms with van der Waals surface area (Å²) in [6.45, 7) is 10.4. The van der Waals surface area contributed by atoms with Crippen molar-refractivity contribution in [1.82, 2.24) is 4.90 Å². The van der Waals surface area contributed by atoms with Crippen LogP contribution >= 0.6 is 0 Å². The first-order valence-electron chi connectivity index (χ1n) is 10.1. The van der Waals surface area contributed by atoms with Crippen molar-refractivity contribution >= 4 is 34.2 Å². The molecule has 1 amide bonds. The van der Waals surface area contributed by atoms with Crippen LogP contribution in [0, 0.1) is 5.92 Å². The molecular formula is C20H29BN2O5S. The lowest BCUT2D eigenvalue weighted by atomic mass is 9.77. The predicted octanol–water partition coefficient (Wildman–Crippen LogP) is 2.11. The van der Waals surface area contributed by atoms with Crippen molar-refractivity contribution in [3.63, 3.8) is 0 Å². The number of hydrogen-bond donors (Lipinski definition) is 1. The Balaban J connectivity index is 1.74. The van der Waals surface area contributed by atoms with E-state index < -0.39 is 28.3 Å². The molecular weight excluding hydrogens is 391 g/mol. The SMILES string of the molecule is C[C@@H](C1CC1)N1Cc2cc(B3OC(C)(C)C(C)(C)O3)cc(NS(C)(=O)=O)c2C1=O. The van der Waals surface area contributed by atoms with Crippen molar-refractivity contribution in [2.75, 3.05) is 11.0 Å². The number of carbonyl (C=O) groups excluding carboxylic acids is 1. The third-order valence-electron chi connectivity index (χ3n) is 6.67. The molecule has 0 spiro atoms. The van der Waals surface area contributed by atoms with E-state index in [0.29, 0.717) is 29.2 Å². The molecule has 3 aliphatic rings. The van der Waals surface area contributed by atoms with Crippen LogP contribution in [0.5, 0.6) is 0 Å². The summed E-state index contributed by atoms with van der Waals surface area (Å²) in [5.74, 6) is 0.410. The lowest BCUT2D eigenvalue weighted by Crippen LogP contribution is -2.41. The van der Waals surface area contributed by atoms with E-state index in [1.54, 1.807) is 6.07 Å². The molecule has 0 bridgehead atoms. The summed E-state index contributed by atoms with van der Waals surface area (Å²) in [7, 11) is -4.18. The first-order chi connectivity index (χ1) is 13.3. The van der Waals surface area contributed by atoms with E-state index in [2.05, 4.69) is 11.6 Å². The predicted molar refractivity (Wildman–Crippen MR) is 113 cm³/mol. The van der Waals surface area contributed by atoms with Crippen LogP contribution in [-0.4, -0.2) is 49.8 Å². The molecule has 0 radical (unpaired) electrons. The van der Waals surface area contributed by atoms with Crippen LogP contribution in [0.3, 0.4) is 0 Å². The van der Waals surface area contributed by atoms with Crippen molar-refractivity contribution in [2.24, 2.45) is 5.92 Å². The second-order valence-electron chi connectivity index (χ2n) is 9.58. The van der Waals surface area contributed by atoms with E-state index in [9.17, 15) is 13.2 Å². The van der Waals surface area contributed by atoms with E-state index in [-0.39, 0.29) is 11.9 Å². The van der Waals surface area contributed by atoms with Gasteiger partial charge in [-0.15, -0.1) is 0 Å². The van der Waals surface area contributed by atoms with Crippen LogP contribution in [0.25, 0.3) is 0 Å². The number of nitrogens with zero attached hydrogens (tertiary/aromatic N) is 1. The summed E-state index contributed by atoms with van der Waals surface area (Å²) in [5.41, 5.74) is 1.23. The second-order valence-corrected chi connectivity index (χ2v) is 11.3. The van der Waals surface area contributed by atoms with Gasteiger partial charge in [-0.2, -0.15) is 0 Å². The van der Waals surface area contributed by atoms with Gasteiger partial charge in [-0.05, 0) is 70.5 Å². The van der Waals surface area contributed by atoms with E-state index in [4.69, 9.17) is 9.31 Å². The van der Waals surface area contributed by atoms with E-state index >= 15 is 0 Å². The number of nitrogens with one attached hydrogen (secondary N) is 1. The van der Waals surface area contributed by atoms with Crippen LogP contribution < -0.4 is 10.2 Å². The number of carbonyl (C=O) groups is 1. The fourth-order valence-corrected chi connectivity index (χ4v) is 4.62. The maximum Gasteiger partial charge on any atom is 0.494 e. The van der Waals surface area contributed by atoms with Crippen LogP contribution in [0.2, 0.25) is 0 Å². The molecule has 0 aromatic heterocycles. The van der Waals surface area contributed by atoms with Gasteiger partial charge in [0.2, 0.25) is 10.0 Å². The van der Waals surface area contributed by atoms with E-state index in [1.807, 2.05) is 38.7 Å². The third kappa shape index (κ3) is 3.68. The highest BCUT2D eigenvalue weighted by Crippen LogP contribution is 2.40. The van der Waals surface area contributed by atoms with Crippen LogP contribution in [0.1, 0.15) is 63.4 Å². The zero-order valence-electron chi connectivity index (χ0n) is 17.9. The number of fused-ring (bicyclic) bond motifs is 1. The number of hydrogen-bond acceptors (Lipinski definition) is 5. The standard InChI is InChI=1S/C20H29BN2O5S/c1-12(13-7-8-13)23-11-14-9-15(21-27-19(2,3)20(4,5)28-21)10-16(17(14)18(23)24)22-29(6,25)26/h9-10,12-13,22H,7-8,11H2,1-6H3/t12-/m0/s1. The Morgan fingerprint density at radius 3 is 2.28 bits per heavy atom. The molecule has 1 aromatic carbocycles. The Morgan fingerprint density at radius 1 is 1.17 bits per heavy atom. The van der Waals surface area contributed by atoms with Gasteiger partial charge in [0.25, 0.3) is 5.91 Å². The summed E-state index contributed by atoms with van der Waals surface area (Å²) in [4.78, 5) is 15.0. The highest BCUT2D eigenvalue weighted by Gasteiger charge is 2.52. The summed E-state index contributed by atoms with van der Waals surface area (Å²) in [5, 5.41) is 0. The average molecular weight is 420 g/mol. The van der Waals surface area contributed by atoms with Crippen molar-refractivity contribution in [3.05, 3.63) is 23.3 Å². The average Bonchev–Trinajstić information content (AvgIpc) is 3.31. The lowest BCUT2D eigenvalue weighted by molar-refractivity contribution is 0.00578. The Morgan fingerprint density at radius 2 is 1.76 bits per heavy atom. The molecule has 1 atom stereocenters. The second kappa shape index (κ2) is 6.46. The summed E-state index contributed by atoms with van der Waals surface area (Å²) < 4.78 is 38.8. The number of rotatable bonds is 5. The molecule has 1 N–H and O–H groups in total. The Bertz CT molecular complexity index is 955. The topological polar surface area (TPSA) is 84.9 Å². The molecule has 7 nitrogen and oxygen atoms in total. The number of amides is 1. The molecule has 2 fully saturated rings.